The number of hydrogen-bond acceptors (Lipinski definition) is 7. The summed E-state index contributed by atoms with van der Waals surface area (Å²) < 4.78 is 34.5. The number of hydrogen-bond donors (Lipinski definition) is 1. The number of fused-ring (bicyclic) bond motifs is 1. The highest BCUT2D eigenvalue weighted by molar-refractivity contribution is 5.82. The van der Waals surface area contributed by atoms with Crippen LogP contribution in [0.25, 0.3) is 10.9 Å². The SMILES string of the molecule is CN(c1ccc(Oc2nc(O)c3ccncc3n2)cc1)c1ccc(OC(F)F)cc1. The Kier molecular flexibility index (Phi) is 5.25. The van der Waals surface area contributed by atoms with Gasteiger partial charge in [-0.25, -0.2) is 0 Å². The van der Waals surface area contributed by atoms with Gasteiger partial charge in [0.25, 0.3) is 0 Å². The summed E-state index contributed by atoms with van der Waals surface area (Å²) in [5, 5.41) is 10.5. The number of ether oxygens (including phenoxy) is 2. The molecule has 0 aliphatic carbocycles. The van der Waals surface area contributed by atoms with Gasteiger partial charge in [0.2, 0.25) is 5.88 Å². The zero-order valence-corrected chi connectivity index (χ0v) is 15.7. The monoisotopic (exact) mass is 410 g/mol. The average molecular weight is 410 g/mol. The summed E-state index contributed by atoms with van der Waals surface area (Å²) >= 11 is 0. The largest absolute Gasteiger partial charge is 0.493 e. The van der Waals surface area contributed by atoms with E-state index in [4.69, 9.17) is 4.74 Å². The van der Waals surface area contributed by atoms with Gasteiger partial charge in [0.05, 0.1) is 17.1 Å². The van der Waals surface area contributed by atoms with Crippen molar-refractivity contribution in [3.05, 3.63) is 67.0 Å². The van der Waals surface area contributed by atoms with Crippen LogP contribution >= 0.6 is 0 Å². The Hall–Kier alpha value is -4.01. The summed E-state index contributed by atoms with van der Waals surface area (Å²) in [6.45, 7) is -2.86. The lowest BCUT2D eigenvalue weighted by Crippen LogP contribution is -2.09. The van der Waals surface area contributed by atoms with Gasteiger partial charge in [-0.1, -0.05) is 0 Å². The zero-order valence-electron chi connectivity index (χ0n) is 15.7. The smallest absolute Gasteiger partial charge is 0.387 e. The maximum atomic E-state index is 12.3. The number of alkyl halides is 2. The lowest BCUT2D eigenvalue weighted by atomic mass is 10.2. The van der Waals surface area contributed by atoms with E-state index in [0.717, 1.165) is 11.4 Å². The average Bonchev–Trinajstić information content (AvgIpc) is 2.74. The zero-order chi connectivity index (χ0) is 21.1. The Morgan fingerprint density at radius 3 is 2.17 bits per heavy atom. The predicted molar refractivity (Wildman–Crippen MR) is 107 cm³/mol. The van der Waals surface area contributed by atoms with Crippen LogP contribution in [0.1, 0.15) is 0 Å². The molecule has 2 heterocycles. The number of aromatic hydroxyl groups is 1. The summed E-state index contributed by atoms with van der Waals surface area (Å²) in [6.07, 6.45) is 3.06. The molecule has 0 radical (unpaired) electrons. The first-order valence-electron chi connectivity index (χ1n) is 8.87. The number of aromatic nitrogens is 3. The molecular weight excluding hydrogens is 394 g/mol. The van der Waals surface area contributed by atoms with E-state index in [1.165, 1.54) is 18.3 Å². The Labute approximate surface area is 170 Å². The third kappa shape index (κ3) is 4.19. The number of anilines is 2. The summed E-state index contributed by atoms with van der Waals surface area (Å²) in [6, 6.07) is 15.0. The van der Waals surface area contributed by atoms with Crippen LogP contribution < -0.4 is 14.4 Å². The van der Waals surface area contributed by atoms with E-state index < -0.39 is 6.61 Å². The molecule has 4 rings (SSSR count). The number of pyridine rings is 1. The molecule has 30 heavy (non-hydrogen) atoms. The molecule has 0 aliphatic rings. The van der Waals surface area contributed by atoms with E-state index in [1.807, 2.05) is 24.1 Å². The lowest BCUT2D eigenvalue weighted by Gasteiger charge is -2.20. The molecule has 0 amide bonds. The topological polar surface area (TPSA) is 80.6 Å². The molecule has 0 spiro atoms. The maximum Gasteiger partial charge on any atom is 0.387 e. The number of rotatable bonds is 6. The van der Waals surface area contributed by atoms with E-state index in [1.54, 1.807) is 36.5 Å². The fourth-order valence-electron chi connectivity index (χ4n) is 2.83. The molecule has 2 aromatic carbocycles. The second-order valence-electron chi connectivity index (χ2n) is 6.25. The number of benzene rings is 2. The van der Waals surface area contributed by atoms with Crippen LogP contribution in [0, 0.1) is 0 Å². The minimum Gasteiger partial charge on any atom is -0.493 e. The molecule has 152 valence electrons. The molecular formula is C21H16F2N4O3. The van der Waals surface area contributed by atoms with Crippen LogP contribution in [-0.4, -0.2) is 33.7 Å². The van der Waals surface area contributed by atoms with Crippen molar-refractivity contribution >= 4 is 22.3 Å². The van der Waals surface area contributed by atoms with Crippen molar-refractivity contribution in [3.63, 3.8) is 0 Å². The van der Waals surface area contributed by atoms with Crippen molar-refractivity contribution in [1.29, 1.82) is 0 Å². The third-order valence-corrected chi connectivity index (χ3v) is 4.34. The fourth-order valence-corrected chi connectivity index (χ4v) is 2.83. The van der Waals surface area contributed by atoms with Crippen LogP contribution in [0.4, 0.5) is 20.2 Å². The van der Waals surface area contributed by atoms with Gasteiger partial charge in [-0.2, -0.15) is 18.7 Å². The van der Waals surface area contributed by atoms with Crippen LogP contribution in [0.5, 0.6) is 23.4 Å². The van der Waals surface area contributed by atoms with Gasteiger partial charge >= 0.3 is 12.6 Å². The normalized spacial score (nSPS) is 10.9. The molecule has 7 nitrogen and oxygen atoms in total. The number of nitrogens with zero attached hydrogens (tertiary/aromatic N) is 4. The molecule has 0 unspecified atom stereocenters. The van der Waals surface area contributed by atoms with Crippen LogP contribution in [0.2, 0.25) is 0 Å². The minimum atomic E-state index is -2.86. The fraction of sp³-hybridized carbons (Fsp3) is 0.0952. The minimum absolute atomic E-state index is 0.00345. The quantitative estimate of drug-likeness (QED) is 0.485. The molecule has 0 saturated carbocycles. The Bertz CT molecular complexity index is 1160. The van der Waals surface area contributed by atoms with Crippen LogP contribution in [-0.2, 0) is 0 Å². The molecule has 0 bridgehead atoms. The highest BCUT2D eigenvalue weighted by atomic mass is 19.3. The van der Waals surface area contributed by atoms with E-state index in [0.29, 0.717) is 16.7 Å². The second kappa shape index (κ2) is 8.16. The van der Waals surface area contributed by atoms with Crippen LogP contribution in [0.3, 0.4) is 0 Å². The van der Waals surface area contributed by atoms with Crippen molar-refractivity contribution in [2.24, 2.45) is 0 Å². The molecule has 0 fully saturated rings. The van der Waals surface area contributed by atoms with Gasteiger partial charge in [0, 0.05) is 24.6 Å². The molecule has 0 atom stereocenters. The van der Waals surface area contributed by atoms with Crippen LogP contribution in [0.15, 0.2) is 67.0 Å². The maximum absolute atomic E-state index is 12.3. The first kappa shape index (κ1) is 19.3. The van der Waals surface area contributed by atoms with E-state index >= 15 is 0 Å². The van der Waals surface area contributed by atoms with E-state index in [9.17, 15) is 13.9 Å². The van der Waals surface area contributed by atoms with Gasteiger partial charge in [0.1, 0.15) is 11.5 Å². The van der Waals surface area contributed by atoms with Gasteiger partial charge in [0.15, 0.2) is 0 Å². The van der Waals surface area contributed by atoms with E-state index in [2.05, 4.69) is 19.7 Å². The Balaban J connectivity index is 1.48. The predicted octanol–water partition coefficient (Wildman–Crippen LogP) is 4.89. The molecule has 9 heteroatoms. The van der Waals surface area contributed by atoms with Gasteiger partial charge < -0.3 is 19.5 Å². The second-order valence-corrected chi connectivity index (χ2v) is 6.25. The first-order valence-corrected chi connectivity index (χ1v) is 8.87. The Morgan fingerprint density at radius 2 is 1.53 bits per heavy atom. The van der Waals surface area contributed by atoms with Crippen molar-refractivity contribution in [3.8, 4) is 23.4 Å². The summed E-state index contributed by atoms with van der Waals surface area (Å²) in [7, 11) is 1.84. The third-order valence-electron chi connectivity index (χ3n) is 4.34. The van der Waals surface area contributed by atoms with Gasteiger partial charge in [-0.05, 0) is 54.6 Å². The van der Waals surface area contributed by atoms with Crippen molar-refractivity contribution in [1.82, 2.24) is 15.0 Å². The van der Waals surface area contributed by atoms with Gasteiger partial charge in [-0.3, -0.25) is 4.98 Å². The summed E-state index contributed by atoms with van der Waals surface area (Å²) in [4.78, 5) is 14.0. The molecule has 2 aromatic heterocycles. The lowest BCUT2D eigenvalue weighted by molar-refractivity contribution is -0.0498. The molecule has 1 N–H and O–H groups in total. The highest BCUT2D eigenvalue weighted by Crippen LogP contribution is 2.30. The summed E-state index contributed by atoms with van der Waals surface area (Å²) in [5.74, 6) is 0.392. The number of halogens is 2. The van der Waals surface area contributed by atoms with Crippen molar-refractivity contribution < 1.29 is 23.4 Å². The van der Waals surface area contributed by atoms with E-state index in [-0.39, 0.29) is 17.6 Å². The highest BCUT2D eigenvalue weighted by Gasteiger charge is 2.10. The molecule has 0 saturated heterocycles. The Morgan fingerprint density at radius 1 is 0.900 bits per heavy atom. The molecule has 4 aromatic rings. The first-order chi connectivity index (χ1) is 14.5. The van der Waals surface area contributed by atoms with Crippen molar-refractivity contribution in [2.45, 2.75) is 6.61 Å². The summed E-state index contributed by atoms with van der Waals surface area (Å²) in [5.41, 5.74) is 2.10. The van der Waals surface area contributed by atoms with Gasteiger partial charge in [-0.15, -0.1) is 0 Å². The molecule has 0 aliphatic heterocycles. The standard InChI is InChI=1S/C21H16F2N4O3/c1-27(13-2-6-15(7-3-13)29-20(22)23)14-4-8-16(9-5-14)30-21-25-18-12-24-11-10-17(18)19(28)26-21/h2-12,20H,1H3,(H,25,26,28). The van der Waals surface area contributed by atoms with Crippen molar-refractivity contribution in [2.75, 3.05) is 11.9 Å².